The zero-order valence-corrected chi connectivity index (χ0v) is 28.6. The van der Waals surface area contributed by atoms with Gasteiger partial charge in [-0.25, -0.2) is 15.0 Å². The summed E-state index contributed by atoms with van der Waals surface area (Å²) in [5.74, 6) is 1.68. The van der Waals surface area contributed by atoms with Gasteiger partial charge in [-0.3, -0.25) is 9.78 Å². The van der Waals surface area contributed by atoms with Crippen molar-refractivity contribution >= 4 is 39.2 Å². The first-order valence-corrected chi connectivity index (χ1v) is 16.7. The number of H-pyrrole nitrogens is 1. The molecule has 0 aliphatic heterocycles. The van der Waals surface area contributed by atoms with Crippen LogP contribution in [0.3, 0.4) is 0 Å². The molecule has 0 fully saturated rings. The first-order valence-electron chi connectivity index (χ1n) is 16.3. The molecule has 0 bridgehead atoms. The lowest BCUT2D eigenvalue weighted by Crippen LogP contribution is -2.25. The van der Waals surface area contributed by atoms with Gasteiger partial charge < -0.3 is 10.2 Å². The molecule has 8 heteroatoms. The summed E-state index contributed by atoms with van der Waals surface area (Å²) in [4.78, 5) is 30.4. The number of rotatable bonds is 10. The Morgan fingerprint density at radius 3 is 2.09 bits per heavy atom. The van der Waals surface area contributed by atoms with Crippen molar-refractivity contribution in [3.63, 3.8) is 0 Å². The molecule has 0 amide bonds. The fourth-order valence-corrected chi connectivity index (χ4v) is 5.92. The van der Waals surface area contributed by atoms with Gasteiger partial charge in [0.25, 0.3) is 5.56 Å². The van der Waals surface area contributed by atoms with Gasteiger partial charge in [0, 0.05) is 17.0 Å². The van der Waals surface area contributed by atoms with Crippen LogP contribution in [-0.2, 0) is 0 Å². The Kier molecular flexibility index (Phi) is 11.4. The van der Waals surface area contributed by atoms with E-state index in [-0.39, 0.29) is 10.8 Å². The van der Waals surface area contributed by atoms with Crippen molar-refractivity contribution in [2.45, 2.75) is 53.5 Å². The maximum absolute atomic E-state index is 11.4. The Hall–Kier alpha value is -4.59. The molecular formula is C39H43ClN6O. The van der Waals surface area contributed by atoms with Gasteiger partial charge in [0.1, 0.15) is 5.82 Å². The molecule has 0 radical (unpaired) electrons. The zero-order chi connectivity index (χ0) is 33.3. The van der Waals surface area contributed by atoms with Gasteiger partial charge in [0.15, 0.2) is 5.82 Å². The van der Waals surface area contributed by atoms with Gasteiger partial charge in [-0.05, 0) is 105 Å². The van der Waals surface area contributed by atoms with Crippen LogP contribution in [0.15, 0.2) is 95.8 Å². The minimum atomic E-state index is -0.196. The van der Waals surface area contributed by atoms with E-state index in [0.717, 1.165) is 65.3 Å². The second-order valence-corrected chi connectivity index (χ2v) is 12.2. The Morgan fingerprint density at radius 1 is 0.766 bits per heavy atom. The van der Waals surface area contributed by atoms with Crippen LogP contribution in [0.25, 0.3) is 44.3 Å². The third-order valence-corrected chi connectivity index (χ3v) is 8.63. The van der Waals surface area contributed by atoms with E-state index in [4.69, 9.17) is 21.6 Å². The molecule has 4 aromatic carbocycles. The number of hydrogen-bond donors (Lipinski definition) is 2. The van der Waals surface area contributed by atoms with Gasteiger partial charge in [0.05, 0.1) is 16.4 Å². The summed E-state index contributed by atoms with van der Waals surface area (Å²) in [7, 11) is 0. The van der Waals surface area contributed by atoms with Crippen molar-refractivity contribution in [2.75, 3.05) is 25.0 Å². The van der Waals surface area contributed by atoms with E-state index in [0.29, 0.717) is 16.9 Å². The summed E-state index contributed by atoms with van der Waals surface area (Å²) in [5, 5.41) is 5.50. The lowest BCUT2D eigenvalue weighted by Gasteiger charge is -2.21. The molecule has 1 unspecified atom stereocenters. The third-order valence-electron chi connectivity index (χ3n) is 8.45. The smallest absolute Gasteiger partial charge is 0.259 e. The maximum Gasteiger partial charge on any atom is 0.259 e. The largest absolute Gasteiger partial charge is 0.367 e. The first-order chi connectivity index (χ1) is 22.8. The molecule has 2 heterocycles. The lowest BCUT2D eigenvalue weighted by molar-refractivity contribution is 0.295. The normalized spacial score (nSPS) is 11.8. The molecule has 1 atom stereocenters. The molecule has 0 saturated carbocycles. The topological polar surface area (TPSA) is 86.8 Å². The lowest BCUT2D eigenvalue weighted by atomic mass is 10.0. The molecule has 6 rings (SSSR count). The monoisotopic (exact) mass is 646 g/mol. The van der Waals surface area contributed by atoms with Crippen LogP contribution < -0.4 is 10.9 Å². The molecule has 2 aromatic heterocycles. The quantitative estimate of drug-likeness (QED) is 0.144. The number of nitrogens with zero attached hydrogens (tertiary/aromatic N) is 4. The molecule has 0 aliphatic carbocycles. The molecule has 2 N–H and O–H groups in total. The molecule has 242 valence electrons. The van der Waals surface area contributed by atoms with E-state index in [2.05, 4.69) is 115 Å². The van der Waals surface area contributed by atoms with Crippen LogP contribution in [0.2, 0.25) is 5.28 Å². The summed E-state index contributed by atoms with van der Waals surface area (Å²) >= 11 is 5.63. The van der Waals surface area contributed by atoms with Crippen LogP contribution in [0.4, 0.5) is 5.82 Å². The van der Waals surface area contributed by atoms with E-state index in [9.17, 15) is 4.79 Å². The van der Waals surface area contributed by atoms with Crippen molar-refractivity contribution in [3.8, 4) is 22.5 Å². The Balaban J connectivity index is 0.000000277. The number of hydrogen-bond acceptors (Lipinski definition) is 6. The van der Waals surface area contributed by atoms with Crippen molar-refractivity contribution in [1.82, 2.24) is 24.8 Å². The van der Waals surface area contributed by atoms with E-state index < -0.39 is 0 Å². The Labute approximate surface area is 282 Å². The van der Waals surface area contributed by atoms with Gasteiger partial charge in [-0.1, -0.05) is 86.6 Å². The predicted molar refractivity (Wildman–Crippen MR) is 197 cm³/mol. The van der Waals surface area contributed by atoms with Crippen LogP contribution in [0.1, 0.15) is 44.7 Å². The van der Waals surface area contributed by atoms with Gasteiger partial charge >= 0.3 is 0 Å². The van der Waals surface area contributed by atoms with Crippen molar-refractivity contribution in [2.24, 2.45) is 0 Å². The molecule has 0 saturated heterocycles. The average molecular weight is 647 g/mol. The van der Waals surface area contributed by atoms with Gasteiger partial charge in [-0.2, -0.15) is 0 Å². The van der Waals surface area contributed by atoms with Crippen LogP contribution in [0.5, 0.6) is 0 Å². The minimum Gasteiger partial charge on any atom is -0.367 e. The first kappa shape index (κ1) is 33.8. The van der Waals surface area contributed by atoms with E-state index in [1.54, 1.807) is 6.07 Å². The highest BCUT2D eigenvalue weighted by molar-refractivity contribution is 6.28. The number of anilines is 1. The average Bonchev–Trinajstić information content (AvgIpc) is 3.08. The highest BCUT2D eigenvalue weighted by Gasteiger charge is 2.14. The molecule has 6 aromatic rings. The standard InChI is InChI=1S/C30H36N4.C9H7ClN2O/c1-5-34(6-2)20-12-14-23(4)31-30-27-19-10-13-22(3)28(27)32-29(33-30)26-18-11-17-25(21-26)24-15-8-7-9-16-24;1-5-3-2-4-6-7(5)11-9(10)12-8(6)13/h7-11,13,15-19,21,23H,5-6,12,14,20H2,1-4H3,(H,31,32,33);2-4H,1H3,(H,11,12,13). The summed E-state index contributed by atoms with van der Waals surface area (Å²) in [6.07, 6.45) is 2.27. The molecular weight excluding hydrogens is 604 g/mol. The number of benzene rings is 4. The Morgan fingerprint density at radius 2 is 1.38 bits per heavy atom. The summed E-state index contributed by atoms with van der Waals surface area (Å²) < 4.78 is 0. The van der Waals surface area contributed by atoms with Crippen molar-refractivity contribution in [1.29, 1.82) is 0 Å². The second kappa shape index (κ2) is 15.8. The summed E-state index contributed by atoms with van der Waals surface area (Å²) in [5.41, 5.74) is 6.99. The number of aromatic amines is 1. The number of fused-ring (bicyclic) bond motifs is 2. The number of halogens is 1. The predicted octanol–water partition coefficient (Wildman–Crippen LogP) is 9.08. The maximum atomic E-state index is 11.4. The minimum absolute atomic E-state index is 0.131. The summed E-state index contributed by atoms with van der Waals surface area (Å²) in [6, 6.07) is 31.1. The summed E-state index contributed by atoms with van der Waals surface area (Å²) in [6.45, 7) is 14.1. The van der Waals surface area contributed by atoms with E-state index in [1.807, 2.05) is 25.1 Å². The van der Waals surface area contributed by atoms with Crippen LogP contribution in [0, 0.1) is 13.8 Å². The van der Waals surface area contributed by atoms with Crippen molar-refractivity contribution in [3.05, 3.63) is 118 Å². The fourth-order valence-electron chi connectivity index (χ4n) is 5.75. The molecule has 7 nitrogen and oxygen atoms in total. The molecule has 47 heavy (non-hydrogen) atoms. The fraction of sp³-hybridized carbons (Fsp3) is 0.282. The molecule has 0 spiro atoms. The number of nitrogens with one attached hydrogen (secondary N) is 2. The van der Waals surface area contributed by atoms with Gasteiger partial charge in [0.2, 0.25) is 5.28 Å². The SMILES string of the molecule is CCN(CC)CCCC(C)Nc1nc(-c2cccc(-c3ccccc3)c2)nc2c(C)cccc12.Cc1cccc2c(=O)[nH]c(Cl)nc12. The van der Waals surface area contributed by atoms with E-state index in [1.165, 1.54) is 17.5 Å². The van der Waals surface area contributed by atoms with Gasteiger partial charge in [-0.15, -0.1) is 0 Å². The molecule has 0 aliphatic rings. The van der Waals surface area contributed by atoms with Crippen LogP contribution >= 0.6 is 11.6 Å². The van der Waals surface area contributed by atoms with Crippen molar-refractivity contribution < 1.29 is 0 Å². The highest BCUT2D eigenvalue weighted by atomic mass is 35.5. The highest BCUT2D eigenvalue weighted by Crippen LogP contribution is 2.30. The number of para-hydroxylation sites is 2. The number of aryl methyl sites for hydroxylation is 2. The second-order valence-electron chi connectivity index (χ2n) is 11.9. The third kappa shape index (κ3) is 8.42. The zero-order valence-electron chi connectivity index (χ0n) is 27.8. The Bertz CT molecular complexity index is 2010. The van der Waals surface area contributed by atoms with E-state index >= 15 is 0 Å². The van der Waals surface area contributed by atoms with Crippen LogP contribution in [-0.4, -0.2) is 50.5 Å². The number of aromatic nitrogens is 4.